The standard InChI is InChI=1S/C22H16ClF3N2O/c23-18-11-5-1-7-14(18)13-28-20(15-8-2-3-9-16(15)21(28)29)27-19-12-6-4-10-17(19)22(24,25)26/h1-12,20,27H,13H2/t20-/m1/s1. The minimum Gasteiger partial charge on any atom is -0.361 e. The number of fused-ring (bicyclic) bond motifs is 1. The first kappa shape index (κ1) is 19.3. The summed E-state index contributed by atoms with van der Waals surface area (Å²) in [7, 11) is 0. The Morgan fingerprint density at radius 2 is 1.59 bits per heavy atom. The zero-order valence-corrected chi connectivity index (χ0v) is 15.8. The van der Waals surface area contributed by atoms with Crippen LogP contribution in [0.3, 0.4) is 0 Å². The van der Waals surface area contributed by atoms with Crippen LogP contribution in [0, 0.1) is 0 Å². The van der Waals surface area contributed by atoms with E-state index in [0.717, 1.165) is 6.07 Å². The molecule has 29 heavy (non-hydrogen) atoms. The third-order valence-corrected chi connectivity index (χ3v) is 5.25. The Labute approximate surface area is 170 Å². The van der Waals surface area contributed by atoms with Crippen LogP contribution in [0.4, 0.5) is 18.9 Å². The van der Waals surface area contributed by atoms with E-state index >= 15 is 0 Å². The molecule has 7 heteroatoms. The molecule has 1 atom stereocenters. The fraction of sp³-hybridized carbons (Fsp3) is 0.136. The Kier molecular flexibility index (Phi) is 4.96. The van der Waals surface area contributed by atoms with Gasteiger partial charge in [-0.25, -0.2) is 0 Å². The molecule has 0 bridgehead atoms. The van der Waals surface area contributed by atoms with Gasteiger partial charge in [0.15, 0.2) is 0 Å². The Hall–Kier alpha value is -2.99. The number of alkyl halides is 3. The van der Waals surface area contributed by atoms with Crippen LogP contribution in [-0.4, -0.2) is 10.8 Å². The number of para-hydroxylation sites is 1. The quantitative estimate of drug-likeness (QED) is 0.555. The summed E-state index contributed by atoms with van der Waals surface area (Å²) in [5.74, 6) is -0.262. The highest BCUT2D eigenvalue weighted by Crippen LogP contribution is 2.40. The van der Waals surface area contributed by atoms with Gasteiger partial charge in [0.2, 0.25) is 0 Å². The minimum absolute atomic E-state index is 0.0846. The van der Waals surface area contributed by atoms with Crippen LogP contribution in [0.2, 0.25) is 5.02 Å². The van der Waals surface area contributed by atoms with Crippen LogP contribution in [0.1, 0.15) is 33.2 Å². The third kappa shape index (κ3) is 3.68. The predicted molar refractivity (Wildman–Crippen MR) is 106 cm³/mol. The number of anilines is 1. The van der Waals surface area contributed by atoms with Crippen LogP contribution in [-0.2, 0) is 12.7 Å². The second-order valence-electron chi connectivity index (χ2n) is 6.70. The molecule has 0 aromatic heterocycles. The van der Waals surface area contributed by atoms with E-state index in [0.29, 0.717) is 21.7 Å². The molecule has 0 fully saturated rings. The molecule has 0 saturated carbocycles. The molecule has 1 aliphatic rings. The maximum Gasteiger partial charge on any atom is 0.418 e. The van der Waals surface area contributed by atoms with Gasteiger partial charge in [-0.1, -0.05) is 60.1 Å². The fourth-order valence-corrected chi connectivity index (χ4v) is 3.70. The Balaban J connectivity index is 1.75. The number of hydrogen-bond acceptors (Lipinski definition) is 2. The fourth-order valence-electron chi connectivity index (χ4n) is 3.50. The van der Waals surface area contributed by atoms with E-state index in [1.807, 2.05) is 0 Å². The van der Waals surface area contributed by atoms with Crippen LogP contribution in [0.5, 0.6) is 0 Å². The average Bonchev–Trinajstić information content (AvgIpc) is 2.95. The molecule has 3 nitrogen and oxygen atoms in total. The first-order chi connectivity index (χ1) is 13.9. The molecule has 1 amide bonds. The van der Waals surface area contributed by atoms with Crippen molar-refractivity contribution in [2.75, 3.05) is 5.32 Å². The van der Waals surface area contributed by atoms with Gasteiger partial charge in [0.25, 0.3) is 5.91 Å². The van der Waals surface area contributed by atoms with Crippen LogP contribution in [0.15, 0.2) is 72.8 Å². The summed E-state index contributed by atoms with van der Waals surface area (Å²) in [6.45, 7) is 0.166. The molecular formula is C22H16ClF3N2O. The van der Waals surface area contributed by atoms with Gasteiger partial charge in [0, 0.05) is 28.4 Å². The zero-order chi connectivity index (χ0) is 20.6. The number of nitrogens with one attached hydrogen (secondary N) is 1. The van der Waals surface area contributed by atoms with Gasteiger partial charge in [0.1, 0.15) is 6.17 Å². The molecule has 3 aromatic rings. The number of carbonyl (C=O) groups is 1. The lowest BCUT2D eigenvalue weighted by Gasteiger charge is -2.28. The van der Waals surface area contributed by atoms with E-state index in [1.54, 1.807) is 48.5 Å². The van der Waals surface area contributed by atoms with E-state index in [2.05, 4.69) is 5.32 Å². The Bertz CT molecular complexity index is 1070. The van der Waals surface area contributed by atoms with Gasteiger partial charge in [-0.2, -0.15) is 13.2 Å². The first-order valence-electron chi connectivity index (χ1n) is 8.92. The van der Waals surface area contributed by atoms with E-state index < -0.39 is 17.9 Å². The molecule has 0 unspecified atom stereocenters. The maximum atomic E-state index is 13.5. The van der Waals surface area contributed by atoms with Crippen molar-refractivity contribution in [1.29, 1.82) is 0 Å². The van der Waals surface area contributed by atoms with Gasteiger partial charge in [0.05, 0.1) is 5.56 Å². The molecule has 0 saturated heterocycles. The highest BCUT2D eigenvalue weighted by molar-refractivity contribution is 6.31. The predicted octanol–water partition coefficient (Wildman–Crippen LogP) is 6.13. The molecule has 0 spiro atoms. The number of hydrogen-bond donors (Lipinski definition) is 1. The molecule has 148 valence electrons. The van der Waals surface area contributed by atoms with E-state index in [4.69, 9.17) is 11.6 Å². The molecule has 0 radical (unpaired) electrons. The monoisotopic (exact) mass is 416 g/mol. The molecule has 1 heterocycles. The van der Waals surface area contributed by atoms with Crippen molar-refractivity contribution < 1.29 is 18.0 Å². The lowest BCUT2D eigenvalue weighted by atomic mass is 10.1. The number of benzene rings is 3. The summed E-state index contributed by atoms with van der Waals surface area (Å²) in [5.41, 5.74) is 0.933. The van der Waals surface area contributed by atoms with Crippen LogP contribution < -0.4 is 5.32 Å². The first-order valence-corrected chi connectivity index (χ1v) is 9.30. The van der Waals surface area contributed by atoms with Crippen molar-refractivity contribution in [1.82, 2.24) is 4.90 Å². The van der Waals surface area contributed by atoms with Gasteiger partial charge >= 0.3 is 6.18 Å². The Morgan fingerprint density at radius 1 is 0.931 bits per heavy atom. The Morgan fingerprint density at radius 3 is 2.34 bits per heavy atom. The van der Waals surface area contributed by atoms with Crippen molar-refractivity contribution in [2.24, 2.45) is 0 Å². The summed E-state index contributed by atoms with van der Waals surface area (Å²) >= 11 is 6.25. The lowest BCUT2D eigenvalue weighted by molar-refractivity contribution is -0.137. The molecule has 0 aliphatic carbocycles. The minimum atomic E-state index is -4.51. The molecule has 1 N–H and O–H groups in total. The largest absolute Gasteiger partial charge is 0.418 e. The summed E-state index contributed by atoms with van der Waals surface area (Å²) in [5, 5.41) is 3.43. The van der Waals surface area contributed by atoms with Crippen molar-refractivity contribution in [3.8, 4) is 0 Å². The summed E-state index contributed by atoms with van der Waals surface area (Å²) in [4.78, 5) is 14.5. The molecular weight excluding hydrogens is 401 g/mol. The average molecular weight is 417 g/mol. The number of nitrogens with zero attached hydrogens (tertiary/aromatic N) is 1. The lowest BCUT2D eigenvalue weighted by Crippen LogP contribution is -2.32. The maximum absolute atomic E-state index is 13.5. The number of rotatable bonds is 4. The van der Waals surface area contributed by atoms with E-state index in [1.165, 1.54) is 23.1 Å². The summed E-state index contributed by atoms with van der Waals surface area (Å²) in [6, 6.07) is 19.2. The number of halogens is 4. The topological polar surface area (TPSA) is 32.3 Å². The number of carbonyl (C=O) groups excluding carboxylic acids is 1. The normalized spacial score (nSPS) is 16.1. The van der Waals surface area contributed by atoms with Gasteiger partial charge in [-0.3, -0.25) is 4.79 Å². The van der Waals surface area contributed by atoms with E-state index in [9.17, 15) is 18.0 Å². The molecule has 3 aromatic carbocycles. The van der Waals surface area contributed by atoms with E-state index in [-0.39, 0.29) is 18.1 Å². The zero-order valence-electron chi connectivity index (χ0n) is 15.1. The van der Waals surface area contributed by atoms with Crippen LogP contribution in [0.25, 0.3) is 0 Å². The smallest absolute Gasteiger partial charge is 0.361 e. The van der Waals surface area contributed by atoms with Gasteiger partial charge in [-0.05, 0) is 29.8 Å². The highest BCUT2D eigenvalue weighted by atomic mass is 35.5. The molecule has 1 aliphatic heterocycles. The second-order valence-corrected chi connectivity index (χ2v) is 7.11. The number of amides is 1. The SMILES string of the molecule is O=C1c2ccccc2[C@H](Nc2ccccc2C(F)(F)F)N1Cc1ccccc1Cl. The van der Waals surface area contributed by atoms with Crippen molar-refractivity contribution in [3.05, 3.63) is 100 Å². The summed E-state index contributed by atoms with van der Waals surface area (Å²) in [6.07, 6.45) is -5.27. The van der Waals surface area contributed by atoms with Gasteiger partial charge < -0.3 is 10.2 Å². The second kappa shape index (κ2) is 7.44. The van der Waals surface area contributed by atoms with Crippen molar-refractivity contribution >= 4 is 23.2 Å². The van der Waals surface area contributed by atoms with Crippen molar-refractivity contribution in [2.45, 2.75) is 18.9 Å². The van der Waals surface area contributed by atoms with Crippen molar-refractivity contribution in [3.63, 3.8) is 0 Å². The van der Waals surface area contributed by atoms with Gasteiger partial charge in [-0.15, -0.1) is 0 Å². The highest BCUT2D eigenvalue weighted by Gasteiger charge is 2.39. The summed E-state index contributed by atoms with van der Waals surface area (Å²) < 4.78 is 40.4. The third-order valence-electron chi connectivity index (χ3n) is 4.88. The van der Waals surface area contributed by atoms with Crippen LogP contribution >= 0.6 is 11.6 Å². The molecule has 4 rings (SSSR count).